The van der Waals surface area contributed by atoms with E-state index in [2.05, 4.69) is 27.8 Å². The Kier molecular flexibility index (Phi) is 9.53. The van der Waals surface area contributed by atoms with Gasteiger partial charge in [0.25, 0.3) is 5.91 Å². The van der Waals surface area contributed by atoms with Crippen LogP contribution in [0.1, 0.15) is 73.4 Å². The largest absolute Gasteiger partial charge is 0.490 e. The van der Waals surface area contributed by atoms with E-state index in [9.17, 15) is 13.2 Å². The first-order chi connectivity index (χ1) is 21.6. The molecule has 1 N–H and O–H groups in total. The fraction of sp³-hybridized carbons (Fsp3) is 0.571. The lowest BCUT2D eigenvalue weighted by Crippen LogP contribution is -2.49. The second-order valence-electron chi connectivity index (χ2n) is 13.4. The molecular weight excluding hydrogens is 612 g/mol. The molecule has 1 spiro atoms. The van der Waals surface area contributed by atoms with Gasteiger partial charge in [-0.3, -0.25) is 4.79 Å². The van der Waals surface area contributed by atoms with Gasteiger partial charge in [-0.15, -0.1) is 0 Å². The number of amides is 1. The molecule has 244 valence electrons. The molecule has 2 aliphatic heterocycles. The van der Waals surface area contributed by atoms with Crippen molar-refractivity contribution in [3.8, 4) is 5.75 Å². The van der Waals surface area contributed by atoms with Crippen LogP contribution in [0, 0.1) is 11.8 Å². The summed E-state index contributed by atoms with van der Waals surface area (Å²) in [6.45, 7) is 3.88. The quantitative estimate of drug-likeness (QED) is 0.400. The molecule has 6 atom stereocenters. The highest BCUT2D eigenvalue weighted by Gasteiger charge is 2.44. The van der Waals surface area contributed by atoms with Crippen LogP contribution < -0.4 is 14.4 Å². The van der Waals surface area contributed by atoms with Crippen molar-refractivity contribution >= 4 is 33.2 Å². The maximum absolute atomic E-state index is 13.6. The minimum Gasteiger partial charge on any atom is -0.490 e. The molecule has 0 saturated heterocycles. The Bertz CT molecular complexity index is 1550. The zero-order valence-electron chi connectivity index (χ0n) is 26.5. The van der Waals surface area contributed by atoms with E-state index in [1.54, 1.807) is 20.3 Å². The van der Waals surface area contributed by atoms with Crippen LogP contribution in [0.5, 0.6) is 5.75 Å². The molecule has 0 unspecified atom stereocenters. The fourth-order valence-electron chi connectivity index (χ4n) is 7.84. The lowest BCUT2D eigenvalue weighted by molar-refractivity contribution is 0.0131. The van der Waals surface area contributed by atoms with E-state index in [1.165, 1.54) is 11.1 Å². The average molecular weight is 657 g/mol. The minimum atomic E-state index is -3.98. The Morgan fingerprint density at radius 3 is 2.76 bits per heavy atom. The van der Waals surface area contributed by atoms with Crippen molar-refractivity contribution in [2.75, 3.05) is 38.8 Å². The Balaban J connectivity index is 1.41. The van der Waals surface area contributed by atoms with Gasteiger partial charge < -0.3 is 19.1 Å². The van der Waals surface area contributed by atoms with Crippen LogP contribution in [0.3, 0.4) is 0 Å². The monoisotopic (exact) mass is 656 g/mol. The number of ether oxygens (including phenoxy) is 3. The highest BCUT2D eigenvalue weighted by Crippen LogP contribution is 2.47. The summed E-state index contributed by atoms with van der Waals surface area (Å²) in [4.78, 5) is 16.0. The maximum Gasteiger partial charge on any atom is 0.264 e. The summed E-state index contributed by atoms with van der Waals surface area (Å²) >= 11 is 6.42. The number of hydrogen-bond acceptors (Lipinski definition) is 7. The van der Waals surface area contributed by atoms with Crippen molar-refractivity contribution in [1.82, 2.24) is 4.72 Å². The molecule has 45 heavy (non-hydrogen) atoms. The van der Waals surface area contributed by atoms with E-state index in [-0.39, 0.29) is 24.0 Å². The number of nitrogens with one attached hydrogen (secondary N) is 1. The van der Waals surface area contributed by atoms with E-state index in [1.807, 2.05) is 31.2 Å². The number of methoxy groups -OCH3 is 2. The summed E-state index contributed by atoms with van der Waals surface area (Å²) in [5.41, 5.74) is 3.43. The van der Waals surface area contributed by atoms with Gasteiger partial charge in [-0.2, -0.15) is 0 Å². The minimum absolute atomic E-state index is 0.0511. The lowest BCUT2D eigenvalue weighted by atomic mass is 9.68. The number of halogens is 1. The molecule has 10 heteroatoms. The van der Waals surface area contributed by atoms with Crippen LogP contribution in [0.2, 0.25) is 5.02 Å². The summed E-state index contributed by atoms with van der Waals surface area (Å²) < 4.78 is 47.6. The number of fused-ring (bicyclic) bond motifs is 4. The number of hydrogen-bond donors (Lipinski definition) is 1. The Morgan fingerprint density at radius 1 is 1.16 bits per heavy atom. The molecule has 2 aromatic carbocycles. The molecule has 2 heterocycles. The Labute approximate surface area is 272 Å². The molecular formula is C35H45ClN2O6S. The van der Waals surface area contributed by atoms with E-state index in [4.69, 9.17) is 25.8 Å². The Morgan fingerprint density at radius 2 is 2.00 bits per heavy atom. The SMILES string of the molecule is CO[C@H]1/C=C/CC[C@H](C[C@H](C)OC)S(=O)(=O)NC(=O)c2ccc3c(c2)N(C[C@@H]2CC[C@H]21)C[C@@]1(CCCc2cc(Cl)ccc21)CO3. The van der Waals surface area contributed by atoms with E-state index in [0.29, 0.717) is 42.6 Å². The third kappa shape index (κ3) is 6.64. The van der Waals surface area contributed by atoms with Gasteiger partial charge in [0, 0.05) is 43.3 Å². The first kappa shape index (κ1) is 32.4. The average Bonchev–Trinajstić information content (AvgIpc) is 3.15. The summed E-state index contributed by atoms with van der Waals surface area (Å²) in [6.07, 6.45) is 10.2. The van der Waals surface area contributed by atoms with Crippen LogP contribution in [0.4, 0.5) is 5.69 Å². The summed E-state index contributed by atoms with van der Waals surface area (Å²) in [7, 11) is -0.659. The topological polar surface area (TPSA) is 94.2 Å². The predicted molar refractivity (Wildman–Crippen MR) is 177 cm³/mol. The maximum atomic E-state index is 13.6. The zero-order valence-corrected chi connectivity index (χ0v) is 28.0. The van der Waals surface area contributed by atoms with E-state index < -0.39 is 21.2 Å². The van der Waals surface area contributed by atoms with Crippen LogP contribution in [0.25, 0.3) is 0 Å². The predicted octanol–water partition coefficient (Wildman–Crippen LogP) is 6.06. The molecule has 1 saturated carbocycles. The number of carbonyl (C=O) groups is 1. The number of rotatable bonds is 4. The molecule has 0 aromatic heterocycles. The van der Waals surface area contributed by atoms with Gasteiger partial charge in [0.05, 0.1) is 29.8 Å². The summed E-state index contributed by atoms with van der Waals surface area (Å²) in [5.74, 6) is 0.823. The summed E-state index contributed by atoms with van der Waals surface area (Å²) in [5, 5.41) is -0.0408. The lowest BCUT2D eigenvalue weighted by Gasteiger charge is -2.46. The van der Waals surface area contributed by atoms with Gasteiger partial charge in [0.1, 0.15) is 5.75 Å². The fourth-order valence-corrected chi connectivity index (χ4v) is 9.55. The van der Waals surface area contributed by atoms with Gasteiger partial charge in [-0.25, -0.2) is 13.1 Å². The number of allylic oxidation sites excluding steroid dienone is 1. The molecule has 6 rings (SSSR count). The number of aryl methyl sites for hydroxylation is 1. The van der Waals surface area contributed by atoms with Gasteiger partial charge in [-0.05, 0) is 112 Å². The highest BCUT2D eigenvalue weighted by atomic mass is 35.5. The summed E-state index contributed by atoms with van der Waals surface area (Å²) in [6, 6.07) is 11.5. The van der Waals surface area contributed by atoms with E-state index >= 15 is 0 Å². The molecule has 4 aliphatic rings. The van der Waals surface area contributed by atoms with Crippen LogP contribution in [-0.2, 0) is 31.3 Å². The standard InChI is InChI=1S/C35H45ClN2O6S/c1-23(42-2)17-28-8-4-5-9-32(43-3)29-13-10-26(29)20-38-21-35(16-6-7-24-18-27(36)12-14-30(24)35)22-44-33-15-11-25(19-31(33)38)34(39)37-45(28,40)41/h5,9,11-12,14-15,18-19,23,26,28-29,32H,4,6-8,10,13,16-17,20-22H2,1-3H3,(H,37,39)/b9-5+/t23-,26-,28+,29+,32-,35-/m0/s1. The number of carbonyl (C=O) groups excluding carboxylic acids is 1. The number of nitrogens with zero attached hydrogens (tertiary/aromatic N) is 1. The first-order valence-electron chi connectivity index (χ1n) is 16.2. The van der Waals surface area contributed by atoms with Gasteiger partial charge >= 0.3 is 0 Å². The molecule has 0 radical (unpaired) electrons. The van der Waals surface area contributed by atoms with Crippen molar-refractivity contribution in [3.05, 3.63) is 70.3 Å². The van der Waals surface area contributed by atoms with Gasteiger partial charge in [-0.1, -0.05) is 29.8 Å². The third-order valence-corrected chi connectivity index (χ3v) is 12.6. The van der Waals surface area contributed by atoms with Crippen LogP contribution in [-0.4, -0.2) is 65.7 Å². The van der Waals surface area contributed by atoms with Gasteiger partial charge in [0.15, 0.2) is 0 Å². The van der Waals surface area contributed by atoms with Crippen molar-refractivity contribution < 1.29 is 27.4 Å². The first-order valence-corrected chi connectivity index (χ1v) is 18.1. The third-order valence-electron chi connectivity index (χ3n) is 10.6. The van der Waals surface area contributed by atoms with Crippen molar-refractivity contribution in [2.24, 2.45) is 11.8 Å². The number of anilines is 1. The second kappa shape index (κ2) is 13.3. The smallest absolute Gasteiger partial charge is 0.264 e. The van der Waals surface area contributed by atoms with Crippen LogP contribution in [0.15, 0.2) is 48.6 Å². The zero-order chi connectivity index (χ0) is 31.8. The Hall–Kier alpha value is -2.59. The molecule has 2 bridgehead atoms. The second-order valence-corrected chi connectivity index (χ2v) is 15.8. The highest BCUT2D eigenvalue weighted by molar-refractivity contribution is 7.90. The molecule has 1 amide bonds. The normalized spacial score (nSPS) is 30.9. The van der Waals surface area contributed by atoms with Gasteiger partial charge in [0.2, 0.25) is 10.0 Å². The van der Waals surface area contributed by atoms with Crippen molar-refractivity contribution in [3.63, 3.8) is 0 Å². The van der Waals surface area contributed by atoms with E-state index in [0.717, 1.165) is 55.9 Å². The van der Waals surface area contributed by atoms with Crippen molar-refractivity contribution in [1.29, 1.82) is 0 Å². The molecule has 2 aromatic rings. The van der Waals surface area contributed by atoms with Crippen LogP contribution >= 0.6 is 11.6 Å². The number of sulfonamides is 1. The van der Waals surface area contributed by atoms with Crippen molar-refractivity contribution in [2.45, 2.75) is 81.2 Å². The number of benzene rings is 2. The molecule has 8 nitrogen and oxygen atoms in total. The molecule has 1 fully saturated rings. The molecule has 2 aliphatic carbocycles.